The number of hydrogen-bond donors (Lipinski definition) is 1. The van der Waals surface area contributed by atoms with Gasteiger partial charge in [0, 0.05) is 22.5 Å². The highest BCUT2D eigenvalue weighted by molar-refractivity contribution is 9.10. The average molecular weight is 358 g/mol. The lowest BCUT2D eigenvalue weighted by atomic mass is 9.95. The van der Waals surface area contributed by atoms with Gasteiger partial charge < -0.3 is 10.1 Å². The maximum atomic E-state index is 6.19. The van der Waals surface area contributed by atoms with Gasteiger partial charge in [0.15, 0.2) is 0 Å². The summed E-state index contributed by atoms with van der Waals surface area (Å²) in [5, 5.41) is 3.67. The number of nitrogens with one attached hydrogen (secondary N) is 1. The molecule has 0 aliphatic carbocycles. The minimum absolute atomic E-state index is 0.338. The summed E-state index contributed by atoms with van der Waals surface area (Å²) in [7, 11) is 0. The van der Waals surface area contributed by atoms with Gasteiger partial charge in [0.2, 0.25) is 0 Å². The molecule has 2 nitrogen and oxygen atoms in total. The van der Waals surface area contributed by atoms with Crippen LogP contribution in [0.4, 0.5) is 0 Å². The molecule has 1 N–H and O–H groups in total. The molecule has 0 spiro atoms. The molecular formula is C16H24BrNOS. The summed E-state index contributed by atoms with van der Waals surface area (Å²) in [5.74, 6) is 3.42. The van der Waals surface area contributed by atoms with Gasteiger partial charge in [-0.05, 0) is 43.0 Å². The molecule has 0 aromatic heterocycles. The van der Waals surface area contributed by atoms with Crippen molar-refractivity contribution in [3.05, 3.63) is 28.2 Å². The molecule has 1 aliphatic heterocycles. The van der Waals surface area contributed by atoms with E-state index in [1.807, 2.05) is 11.8 Å². The number of rotatable bonds is 7. The Bertz CT molecular complexity index is 427. The van der Waals surface area contributed by atoms with Crippen LogP contribution in [-0.4, -0.2) is 24.2 Å². The first-order valence-corrected chi connectivity index (χ1v) is 9.46. The molecule has 0 bridgehead atoms. The van der Waals surface area contributed by atoms with Gasteiger partial charge in [0.05, 0.1) is 0 Å². The second-order valence-electron chi connectivity index (χ2n) is 5.15. The third-order valence-corrected chi connectivity index (χ3v) is 5.00. The average Bonchev–Trinajstić information content (AvgIpc) is 2.44. The normalized spacial score (nSPS) is 21.4. The summed E-state index contributed by atoms with van der Waals surface area (Å²) in [6, 6.07) is 6.83. The Balaban J connectivity index is 2.07. The fraction of sp³-hybridized carbons (Fsp3) is 0.625. The van der Waals surface area contributed by atoms with E-state index in [1.54, 1.807) is 0 Å². The first-order valence-electron chi connectivity index (χ1n) is 7.51. The predicted molar refractivity (Wildman–Crippen MR) is 91.8 cm³/mol. The van der Waals surface area contributed by atoms with Crippen molar-refractivity contribution < 1.29 is 4.74 Å². The Morgan fingerprint density at radius 1 is 1.40 bits per heavy atom. The molecule has 1 heterocycles. The molecule has 0 radical (unpaired) electrons. The quantitative estimate of drug-likeness (QED) is 0.709. The number of thioether (sulfide) groups is 1. The van der Waals surface area contributed by atoms with Crippen molar-refractivity contribution in [1.29, 1.82) is 0 Å². The minimum atomic E-state index is 0.338. The second kappa shape index (κ2) is 8.30. The van der Waals surface area contributed by atoms with Crippen LogP contribution >= 0.6 is 27.7 Å². The van der Waals surface area contributed by atoms with Crippen molar-refractivity contribution in [2.75, 3.05) is 18.1 Å². The van der Waals surface area contributed by atoms with E-state index in [0.29, 0.717) is 12.1 Å². The van der Waals surface area contributed by atoms with E-state index in [9.17, 15) is 0 Å². The molecule has 1 aromatic rings. The fourth-order valence-corrected chi connectivity index (χ4v) is 3.62. The van der Waals surface area contributed by atoms with Gasteiger partial charge in [-0.2, -0.15) is 11.8 Å². The van der Waals surface area contributed by atoms with Crippen molar-refractivity contribution in [3.8, 4) is 5.75 Å². The smallest absolute Gasteiger partial charge is 0.125 e. The summed E-state index contributed by atoms with van der Waals surface area (Å²) in [6.07, 6.45) is 3.72. The third-order valence-electron chi connectivity index (χ3n) is 3.57. The molecular weight excluding hydrogens is 334 g/mol. The molecule has 112 valence electrons. The van der Waals surface area contributed by atoms with Crippen LogP contribution in [0.25, 0.3) is 0 Å². The summed E-state index contributed by atoms with van der Waals surface area (Å²) >= 11 is 5.54. The van der Waals surface area contributed by atoms with E-state index in [4.69, 9.17) is 4.74 Å². The van der Waals surface area contributed by atoms with Crippen LogP contribution in [0, 0.1) is 0 Å². The summed E-state index contributed by atoms with van der Waals surface area (Å²) in [5.41, 5.74) is 1.31. The highest BCUT2D eigenvalue weighted by atomic mass is 79.9. The zero-order valence-corrected chi connectivity index (χ0v) is 14.7. The van der Waals surface area contributed by atoms with E-state index in [-0.39, 0.29) is 0 Å². The second-order valence-corrected chi connectivity index (χ2v) is 7.46. The molecule has 1 aromatic carbocycles. The van der Waals surface area contributed by atoms with Gasteiger partial charge in [-0.25, -0.2) is 0 Å². The Morgan fingerprint density at radius 2 is 2.25 bits per heavy atom. The van der Waals surface area contributed by atoms with E-state index < -0.39 is 0 Å². The highest BCUT2D eigenvalue weighted by Crippen LogP contribution is 2.37. The van der Waals surface area contributed by atoms with Gasteiger partial charge in [0.25, 0.3) is 0 Å². The van der Waals surface area contributed by atoms with Gasteiger partial charge in [-0.3, -0.25) is 0 Å². The molecule has 2 unspecified atom stereocenters. The van der Waals surface area contributed by atoms with Crippen LogP contribution in [0.15, 0.2) is 22.7 Å². The number of benzene rings is 1. The summed E-state index contributed by atoms with van der Waals surface area (Å²) in [4.78, 5) is 0. The molecule has 0 saturated carbocycles. The van der Waals surface area contributed by atoms with Gasteiger partial charge in [-0.15, -0.1) is 0 Å². The third kappa shape index (κ3) is 4.40. The molecule has 0 saturated heterocycles. The lowest BCUT2D eigenvalue weighted by molar-refractivity contribution is 0.147. The number of fused-ring (bicyclic) bond motifs is 1. The lowest BCUT2D eigenvalue weighted by Crippen LogP contribution is -2.33. The summed E-state index contributed by atoms with van der Waals surface area (Å²) < 4.78 is 7.28. The van der Waals surface area contributed by atoms with Crippen molar-refractivity contribution in [2.24, 2.45) is 0 Å². The van der Waals surface area contributed by atoms with Gasteiger partial charge >= 0.3 is 0 Å². The largest absolute Gasteiger partial charge is 0.490 e. The topological polar surface area (TPSA) is 21.3 Å². The standard InChI is InChI=1S/C16H24BrNOS/c1-3-8-18-15-11-13(7-9-20-4-2)19-16-10-12(17)5-6-14(15)16/h5-6,10,13,15,18H,3-4,7-9,11H2,1-2H3. The monoisotopic (exact) mass is 357 g/mol. The molecule has 1 aliphatic rings. The first-order chi connectivity index (χ1) is 9.74. The Labute approximate surface area is 135 Å². The molecule has 2 atom stereocenters. The van der Waals surface area contributed by atoms with Gasteiger partial charge in [-0.1, -0.05) is 35.8 Å². The Morgan fingerprint density at radius 3 is 3.00 bits per heavy atom. The van der Waals surface area contributed by atoms with E-state index >= 15 is 0 Å². The minimum Gasteiger partial charge on any atom is -0.490 e. The van der Waals surface area contributed by atoms with Crippen LogP contribution in [0.5, 0.6) is 5.75 Å². The van der Waals surface area contributed by atoms with E-state index in [1.165, 1.54) is 23.5 Å². The van der Waals surface area contributed by atoms with Crippen molar-refractivity contribution in [1.82, 2.24) is 5.32 Å². The van der Waals surface area contributed by atoms with Crippen molar-refractivity contribution >= 4 is 27.7 Å². The van der Waals surface area contributed by atoms with Gasteiger partial charge in [0.1, 0.15) is 11.9 Å². The predicted octanol–water partition coefficient (Wildman–Crippen LogP) is 4.78. The van der Waals surface area contributed by atoms with Crippen LogP contribution in [0.3, 0.4) is 0 Å². The SMILES string of the molecule is CCCNC1CC(CCSCC)Oc2cc(Br)ccc21. The molecule has 4 heteroatoms. The molecule has 2 rings (SSSR count). The molecule has 0 amide bonds. The maximum Gasteiger partial charge on any atom is 0.125 e. The van der Waals surface area contributed by atoms with Crippen LogP contribution < -0.4 is 10.1 Å². The zero-order valence-electron chi connectivity index (χ0n) is 12.3. The van der Waals surface area contributed by atoms with Crippen LogP contribution in [0.2, 0.25) is 0 Å². The Hall–Kier alpha value is -0.190. The number of hydrogen-bond acceptors (Lipinski definition) is 3. The Kier molecular flexibility index (Phi) is 6.72. The van der Waals surface area contributed by atoms with Crippen molar-refractivity contribution in [3.63, 3.8) is 0 Å². The zero-order chi connectivity index (χ0) is 14.4. The lowest BCUT2D eigenvalue weighted by Gasteiger charge is -2.33. The fourth-order valence-electron chi connectivity index (χ4n) is 2.56. The van der Waals surface area contributed by atoms with E-state index in [2.05, 4.69) is 53.3 Å². The summed E-state index contributed by atoms with van der Waals surface area (Å²) in [6.45, 7) is 5.49. The number of halogens is 1. The highest BCUT2D eigenvalue weighted by Gasteiger charge is 2.27. The maximum absolute atomic E-state index is 6.19. The van der Waals surface area contributed by atoms with Crippen molar-refractivity contribution in [2.45, 2.75) is 45.3 Å². The molecule has 20 heavy (non-hydrogen) atoms. The molecule has 0 fully saturated rings. The van der Waals surface area contributed by atoms with Crippen LogP contribution in [0.1, 0.15) is 44.7 Å². The number of ether oxygens (including phenoxy) is 1. The van der Waals surface area contributed by atoms with E-state index in [0.717, 1.165) is 29.6 Å². The first kappa shape index (κ1) is 16.2. The van der Waals surface area contributed by atoms with Crippen LogP contribution in [-0.2, 0) is 0 Å².